The fourth-order valence-corrected chi connectivity index (χ4v) is 3.96. The van der Waals surface area contributed by atoms with Crippen molar-refractivity contribution in [3.8, 4) is 11.5 Å². The molecule has 0 unspecified atom stereocenters. The fraction of sp³-hybridized carbons (Fsp3) is 0.227. The third-order valence-electron chi connectivity index (χ3n) is 4.65. The summed E-state index contributed by atoms with van der Waals surface area (Å²) in [7, 11) is -0.831. The number of methoxy groups -OCH3 is 2. The zero-order chi connectivity index (χ0) is 21.7. The van der Waals surface area contributed by atoms with E-state index in [1.165, 1.54) is 20.3 Å². The minimum absolute atomic E-state index is 0.236. The van der Waals surface area contributed by atoms with Crippen LogP contribution < -0.4 is 19.1 Å². The van der Waals surface area contributed by atoms with Crippen molar-refractivity contribution in [2.75, 3.05) is 31.3 Å². The van der Waals surface area contributed by atoms with E-state index in [0.717, 1.165) is 26.9 Å². The lowest BCUT2D eigenvalue weighted by Crippen LogP contribution is -2.40. The Morgan fingerprint density at radius 1 is 0.967 bits per heavy atom. The lowest BCUT2D eigenvalue weighted by molar-refractivity contribution is -0.119. The van der Waals surface area contributed by atoms with Crippen molar-refractivity contribution in [1.82, 2.24) is 5.32 Å². The molecule has 3 aromatic carbocycles. The first-order valence-electron chi connectivity index (χ1n) is 9.26. The van der Waals surface area contributed by atoms with Crippen molar-refractivity contribution in [3.63, 3.8) is 0 Å². The van der Waals surface area contributed by atoms with Gasteiger partial charge < -0.3 is 14.8 Å². The predicted octanol–water partition coefficient (Wildman–Crippen LogP) is 2.94. The normalized spacial score (nSPS) is 11.2. The largest absolute Gasteiger partial charge is 0.497 e. The minimum Gasteiger partial charge on any atom is -0.497 e. The highest BCUT2D eigenvalue weighted by molar-refractivity contribution is 7.92. The molecular weight excluding hydrogens is 404 g/mol. The second-order valence-electron chi connectivity index (χ2n) is 6.77. The first-order chi connectivity index (χ1) is 14.3. The van der Waals surface area contributed by atoms with Crippen molar-refractivity contribution >= 4 is 32.4 Å². The lowest BCUT2D eigenvalue weighted by Gasteiger charge is -2.24. The highest BCUT2D eigenvalue weighted by atomic mass is 32.2. The topological polar surface area (TPSA) is 84.9 Å². The van der Waals surface area contributed by atoms with Crippen LogP contribution in [0.5, 0.6) is 11.5 Å². The Morgan fingerprint density at radius 2 is 1.70 bits per heavy atom. The quantitative estimate of drug-likeness (QED) is 0.596. The molecule has 0 heterocycles. The molecule has 3 aromatic rings. The van der Waals surface area contributed by atoms with Gasteiger partial charge in [-0.2, -0.15) is 0 Å². The second-order valence-corrected chi connectivity index (χ2v) is 8.67. The molecule has 0 bridgehead atoms. The molecule has 0 fully saturated rings. The Morgan fingerprint density at radius 3 is 2.37 bits per heavy atom. The van der Waals surface area contributed by atoms with Crippen LogP contribution in [0.4, 0.5) is 5.69 Å². The molecule has 158 valence electrons. The van der Waals surface area contributed by atoms with Crippen LogP contribution in [0.2, 0.25) is 0 Å². The molecule has 7 nitrogen and oxygen atoms in total. The summed E-state index contributed by atoms with van der Waals surface area (Å²) in [5, 5.41) is 4.97. The van der Waals surface area contributed by atoms with Gasteiger partial charge in [0.2, 0.25) is 15.9 Å². The second kappa shape index (κ2) is 9.04. The maximum absolute atomic E-state index is 12.6. The smallest absolute Gasteiger partial charge is 0.241 e. The van der Waals surface area contributed by atoms with Crippen LogP contribution in [0, 0.1) is 0 Å². The average molecular weight is 429 g/mol. The first kappa shape index (κ1) is 21.4. The maximum atomic E-state index is 12.6. The third-order valence-corrected chi connectivity index (χ3v) is 5.77. The summed E-state index contributed by atoms with van der Waals surface area (Å²) >= 11 is 0. The Kier molecular flexibility index (Phi) is 6.47. The molecule has 1 N–H and O–H groups in total. The number of carbonyl (C=O) groups excluding carboxylic acids is 1. The van der Waals surface area contributed by atoms with E-state index in [1.807, 2.05) is 42.5 Å². The zero-order valence-electron chi connectivity index (χ0n) is 17.1. The van der Waals surface area contributed by atoms with E-state index in [4.69, 9.17) is 9.47 Å². The van der Waals surface area contributed by atoms with Gasteiger partial charge in [0.15, 0.2) is 0 Å². The Balaban J connectivity index is 1.77. The summed E-state index contributed by atoms with van der Waals surface area (Å²) in [6.07, 6.45) is 1.04. The van der Waals surface area contributed by atoms with Gasteiger partial charge in [-0.1, -0.05) is 36.4 Å². The molecule has 0 saturated heterocycles. The SMILES string of the molecule is COc1ccc(OC)c(N(CC(=O)NCc2ccc3ccccc3c2)S(C)(=O)=O)c1. The van der Waals surface area contributed by atoms with Crippen molar-refractivity contribution in [1.29, 1.82) is 0 Å². The summed E-state index contributed by atoms with van der Waals surface area (Å²) in [5.74, 6) is 0.345. The molecule has 0 aliphatic heterocycles. The van der Waals surface area contributed by atoms with Gasteiger partial charge >= 0.3 is 0 Å². The minimum atomic E-state index is -3.75. The lowest BCUT2D eigenvalue weighted by atomic mass is 10.1. The van der Waals surface area contributed by atoms with E-state index >= 15 is 0 Å². The number of nitrogens with zero attached hydrogens (tertiary/aromatic N) is 1. The van der Waals surface area contributed by atoms with Crippen molar-refractivity contribution < 1.29 is 22.7 Å². The summed E-state index contributed by atoms with van der Waals surface area (Å²) in [4.78, 5) is 12.6. The van der Waals surface area contributed by atoms with Gasteiger partial charge in [-0.25, -0.2) is 8.42 Å². The van der Waals surface area contributed by atoms with Crippen LogP contribution in [-0.4, -0.2) is 41.3 Å². The van der Waals surface area contributed by atoms with E-state index in [-0.39, 0.29) is 18.8 Å². The highest BCUT2D eigenvalue weighted by Gasteiger charge is 2.24. The molecule has 0 aliphatic carbocycles. The number of hydrogen-bond donors (Lipinski definition) is 1. The van der Waals surface area contributed by atoms with Gasteiger partial charge in [-0.3, -0.25) is 9.10 Å². The Labute approximate surface area is 176 Å². The predicted molar refractivity (Wildman–Crippen MR) is 118 cm³/mol. The summed E-state index contributed by atoms with van der Waals surface area (Å²) in [6.45, 7) is -0.0908. The van der Waals surface area contributed by atoms with Gasteiger partial charge in [0.05, 0.1) is 26.2 Å². The molecule has 0 saturated carbocycles. The van der Waals surface area contributed by atoms with Crippen LogP contribution >= 0.6 is 0 Å². The van der Waals surface area contributed by atoms with Crippen molar-refractivity contribution in [2.45, 2.75) is 6.54 Å². The van der Waals surface area contributed by atoms with Gasteiger partial charge in [0.25, 0.3) is 0 Å². The molecule has 30 heavy (non-hydrogen) atoms. The summed E-state index contributed by atoms with van der Waals surface area (Å²) < 4.78 is 36.3. The van der Waals surface area contributed by atoms with Crippen molar-refractivity contribution in [3.05, 3.63) is 66.2 Å². The first-order valence-corrected chi connectivity index (χ1v) is 11.1. The maximum Gasteiger partial charge on any atom is 0.241 e. The summed E-state index contributed by atoms with van der Waals surface area (Å²) in [5.41, 5.74) is 1.16. The van der Waals surface area contributed by atoms with Crippen LogP contribution in [0.15, 0.2) is 60.7 Å². The van der Waals surface area contributed by atoms with Gasteiger partial charge in [-0.15, -0.1) is 0 Å². The average Bonchev–Trinajstić information content (AvgIpc) is 2.74. The molecular formula is C22H24N2O5S. The van der Waals surface area contributed by atoms with E-state index < -0.39 is 15.9 Å². The number of fused-ring (bicyclic) bond motifs is 1. The van der Waals surface area contributed by atoms with E-state index in [2.05, 4.69) is 5.32 Å². The molecule has 0 spiro atoms. The molecule has 0 aromatic heterocycles. The molecule has 3 rings (SSSR count). The van der Waals surface area contributed by atoms with Crippen molar-refractivity contribution in [2.24, 2.45) is 0 Å². The number of ether oxygens (including phenoxy) is 2. The summed E-state index contributed by atoms with van der Waals surface area (Å²) in [6, 6.07) is 18.6. The van der Waals surface area contributed by atoms with E-state index in [0.29, 0.717) is 11.5 Å². The number of amides is 1. The number of anilines is 1. The van der Waals surface area contributed by atoms with Gasteiger partial charge in [0.1, 0.15) is 18.0 Å². The fourth-order valence-electron chi connectivity index (χ4n) is 3.11. The van der Waals surface area contributed by atoms with Crippen LogP contribution in [0.1, 0.15) is 5.56 Å². The van der Waals surface area contributed by atoms with E-state index in [9.17, 15) is 13.2 Å². The zero-order valence-corrected chi connectivity index (χ0v) is 17.9. The molecule has 0 atom stereocenters. The Hall–Kier alpha value is -3.26. The van der Waals surface area contributed by atoms with Crippen LogP contribution in [-0.2, 0) is 21.4 Å². The highest BCUT2D eigenvalue weighted by Crippen LogP contribution is 2.33. The monoisotopic (exact) mass is 428 g/mol. The number of nitrogens with one attached hydrogen (secondary N) is 1. The number of benzene rings is 3. The number of rotatable bonds is 8. The molecule has 8 heteroatoms. The molecule has 0 aliphatic rings. The van der Waals surface area contributed by atoms with Gasteiger partial charge in [0, 0.05) is 12.6 Å². The third kappa shape index (κ3) is 5.01. The standard InChI is InChI=1S/C22H24N2O5S/c1-28-19-10-11-21(29-2)20(13-19)24(30(3,26)27)15-22(25)23-14-16-8-9-17-6-4-5-7-18(17)12-16/h4-13H,14-15H2,1-3H3,(H,23,25). The number of hydrogen-bond acceptors (Lipinski definition) is 5. The Bertz CT molecular complexity index is 1160. The van der Waals surface area contributed by atoms with Gasteiger partial charge in [-0.05, 0) is 34.5 Å². The van der Waals surface area contributed by atoms with E-state index in [1.54, 1.807) is 12.1 Å². The molecule has 0 radical (unpaired) electrons. The van der Waals surface area contributed by atoms with Crippen LogP contribution in [0.3, 0.4) is 0 Å². The van der Waals surface area contributed by atoms with Crippen LogP contribution in [0.25, 0.3) is 10.8 Å². The number of sulfonamides is 1. The molecule has 1 amide bonds. The number of carbonyl (C=O) groups is 1.